The zero-order chi connectivity index (χ0) is 25.8. The van der Waals surface area contributed by atoms with Crippen LogP contribution in [0.5, 0.6) is 11.5 Å². The first-order valence-corrected chi connectivity index (χ1v) is 11.5. The fraction of sp³-hybridized carbons (Fsp3) is 0.231. The van der Waals surface area contributed by atoms with Gasteiger partial charge in [-0.2, -0.15) is 5.48 Å². The van der Waals surface area contributed by atoms with Gasteiger partial charge in [0.2, 0.25) is 5.75 Å². The molecule has 186 valence electrons. The topological polar surface area (TPSA) is 110 Å². The van der Waals surface area contributed by atoms with Crippen LogP contribution in [-0.4, -0.2) is 50.5 Å². The van der Waals surface area contributed by atoms with Gasteiger partial charge in [-0.3, -0.25) is 19.4 Å². The van der Waals surface area contributed by atoms with Gasteiger partial charge in [-0.05, 0) is 55.9 Å². The Balaban J connectivity index is 1.53. The molecule has 0 spiro atoms. The molecule has 2 N–H and O–H groups in total. The monoisotopic (exact) mass is 508 g/mol. The van der Waals surface area contributed by atoms with E-state index in [1.807, 2.05) is 31.1 Å². The summed E-state index contributed by atoms with van der Waals surface area (Å²) in [5.74, 6) is 0.402. The summed E-state index contributed by atoms with van der Waals surface area (Å²) in [6.07, 6.45) is 2.99. The maximum Gasteiger partial charge on any atom is 0.274 e. The summed E-state index contributed by atoms with van der Waals surface area (Å²) in [5, 5.41) is 4.13. The molecule has 1 heterocycles. The van der Waals surface area contributed by atoms with Crippen molar-refractivity contribution in [2.45, 2.75) is 6.42 Å². The van der Waals surface area contributed by atoms with Crippen LogP contribution in [0.2, 0.25) is 5.02 Å². The van der Waals surface area contributed by atoms with Gasteiger partial charge in [0.15, 0.2) is 6.29 Å². The molecule has 9 nitrogen and oxygen atoms in total. The van der Waals surface area contributed by atoms with E-state index in [2.05, 4.69) is 15.8 Å². The number of nitrogens with one attached hydrogen (secondary N) is 2. The number of hydroxylamine groups is 1. The summed E-state index contributed by atoms with van der Waals surface area (Å²) < 4.78 is 5.28. The molecule has 0 saturated carbocycles. The minimum atomic E-state index is -0.696. The molecule has 0 aliphatic rings. The number of ether oxygens (including phenoxy) is 1. The standard InChI is InChI=1S/C26H25ClN4O5/c1-31(2)9-8-29-36-26-23(24(33)25(26)34)30-20-5-4-15(11-19(20)27)10-16-6-7-28-21-13-22(35-3)17(14-32)12-18(16)21/h4-7,11-14,29-30H,8-10H2,1-3H3. The lowest BCUT2D eigenvalue weighted by molar-refractivity contribution is 0.112. The van der Waals surface area contributed by atoms with Crippen molar-refractivity contribution in [2.24, 2.45) is 0 Å². The van der Waals surface area contributed by atoms with E-state index in [4.69, 9.17) is 21.2 Å². The van der Waals surface area contributed by atoms with Gasteiger partial charge in [0.25, 0.3) is 10.9 Å². The normalized spacial score (nSPS) is 11.2. The number of anilines is 2. The van der Waals surface area contributed by atoms with Crippen molar-refractivity contribution < 1.29 is 14.4 Å². The molecule has 0 aliphatic carbocycles. The van der Waals surface area contributed by atoms with E-state index in [9.17, 15) is 14.4 Å². The number of rotatable bonds is 11. The molecule has 0 aliphatic heterocycles. The molecule has 0 bridgehead atoms. The number of pyridine rings is 1. The summed E-state index contributed by atoms with van der Waals surface area (Å²) >= 11 is 6.50. The summed E-state index contributed by atoms with van der Waals surface area (Å²) in [5.41, 5.74) is 4.89. The number of carbonyl (C=O) groups excluding carboxylic acids is 1. The highest BCUT2D eigenvalue weighted by molar-refractivity contribution is 6.33. The van der Waals surface area contributed by atoms with Crippen molar-refractivity contribution in [3.63, 3.8) is 0 Å². The Morgan fingerprint density at radius 3 is 2.61 bits per heavy atom. The van der Waals surface area contributed by atoms with Gasteiger partial charge in [-0.15, -0.1) is 0 Å². The maximum absolute atomic E-state index is 12.1. The predicted molar refractivity (Wildman–Crippen MR) is 140 cm³/mol. The average molecular weight is 509 g/mol. The van der Waals surface area contributed by atoms with Crippen LogP contribution >= 0.6 is 11.6 Å². The highest BCUT2D eigenvalue weighted by Crippen LogP contribution is 2.31. The molecule has 0 radical (unpaired) electrons. The van der Waals surface area contributed by atoms with Gasteiger partial charge in [-0.1, -0.05) is 17.7 Å². The third-order valence-corrected chi connectivity index (χ3v) is 6.01. The number of halogens is 1. The molecule has 0 saturated heterocycles. The molecule has 4 rings (SSSR count). The molecule has 3 aromatic carbocycles. The quantitative estimate of drug-likeness (QED) is 0.137. The lowest BCUT2D eigenvalue weighted by Gasteiger charge is -2.16. The zero-order valence-corrected chi connectivity index (χ0v) is 20.8. The number of hydrogen-bond donors (Lipinski definition) is 2. The first kappa shape index (κ1) is 25.3. The molecule has 0 atom stereocenters. The van der Waals surface area contributed by atoms with Gasteiger partial charge in [0.05, 0.1) is 28.9 Å². The lowest BCUT2D eigenvalue weighted by atomic mass is 9.99. The van der Waals surface area contributed by atoms with Crippen LogP contribution < -0.4 is 31.2 Å². The maximum atomic E-state index is 12.1. The average Bonchev–Trinajstić information content (AvgIpc) is 2.87. The molecule has 1 aromatic heterocycles. The Labute approximate surface area is 212 Å². The van der Waals surface area contributed by atoms with Crippen LogP contribution in [0.15, 0.2) is 52.2 Å². The number of carbonyl (C=O) groups is 1. The number of aldehydes is 1. The molecular formula is C26H25ClN4O5. The Morgan fingerprint density at radius 1 is 1.11 bits per heavy atom. The van der Waals surface area contributed by atoms with Crippen molar-refractivity contribution >= 4 is 40.2 Å². The number of benzene rings is 2. The third kappa shape index (κ3) is 5.23. The highest BCUT2D eigenvalue weighted by Gasteiger charge is 2.24. The first-order chi connectivity index (χ1) is 17.3. The number of aromatic nitrogens is 1. The molecule has 0 amide bonds. The predicted octanol–water partition coefficient (Wildman–Crippen LogP) is 3.08. The van der Waals surface area contributed by atoms with Crippen LogP contribution in [0.4, 0.5) is 11.4 Å². The van der Waals surface area contributed by atoms with Gasteiger partial charge in [0.1, 0.15) is 11.4 Å². The number of hydrogen-bond acceptors (Lipinski definition) is 9. The van der Waals surface area contributed by atoms with Crippen LogP contribution in [-0.2, 0) is 6.42 Å². The Morgan fingerprint density at radius 2 is 1.92 bits per heavy atom. The van der Waals surface area contributed by atoms with E-state index in [1.54, 1.807) is 30.5 Å². The molecule has 4 aromatic rings. The summed E-state index contributed by atoms with van der Waals surface area (Å²) in [4.78, 5) is 47.1. The zero-order valence-electron chi connectivity index (χ0n) is 20.1. The molecule has 0 fully saturated rings. The Kier molecular flexibility index (Phi) is 7.64. The van der Waals surface area contributed by atoms with E-state index in [0.717, 1.165) is 22.8 Å². The molecule has 0 unspecified atom stereocenters. The van der Waals surface area contributed by atoms with Crippen molar-refractivity contribution in [1.82, 2.24) is 15.4 Å². The minimum absolute atomic E-state index is 0.0578. The number of nitrogens with zero attached hydrogens (tertiary/aromatic N) is 2. The number of methoxy groups -OCH3 is 1. The van der Waals surface area contributed by atoms with Crippen LogP contribution in [0.3, 0.4) is 0 Å². The van der Waals surface area contributed by atoms with Crippen LogP contribution in [0.25, 0.3) is 10.9 Å². The third-order valence-electron chi connectivity index (χ3n) is 5.70. The second kappa shape index (κ2) is 10.9. The van der Waals surface area contributed by atoms with Crippen LogP contribution in [0, 0.1) is 0 Å². The molecule has 10 heteroatoms. The Hall–Kier alpha value is -3.79. The summed E-state index contributed by atoms with van der Waals surface area (Å²) in [6, 6.07) is 10.8. The fourth-order valence-corrected chi connectivity index (χ4v) is 4.02. The van der Waals surface area contributed by atoms with E-state index in [1.165, 1.54) is 7.11 Å². The van der Waals surface area contributed by atoms with E-state index < -0.39 is 10.9 Å². The van der Waals surface area contributed by atoms with Gasteiger partial charge in [-0.25, -0.2) is 0 Å². The first-order valence-electron chi connectivity index (χ1n) is 11.2. The van der Waals surface area contributed by atoms with E-state index in [0.29, 0.717) is 47.1 Å². The summed E-state index contributed by atoms with van der Waals surface area (Å²) in [6.45, 7) is 1.17. The van der Waals surface area contributed by atoms with Gasteiger partial charge < -0.3 is 19.8 Å². The smallest absolute Gasteiger partial charge is 0.274 e. The van der Waals surface area contributed by atoms with Crippen molar-refractivity contribution in [3.8, 4) is 11.5 Å². The van der Waals surface area contributed by atoms with Crippen LogP contribution in [0.1, 0.15) is 21.5 Å². The SMILES string of the molecule is COc1cc2nccc(Cc3ccc(Nc4c(ONCCN(C)C)c(=O)c4=O)c(Cl)c3)c2cc1C=O. The number of likely N-dealkylation sites (N-methyl/N-ethyl adjacent to an activating group) is 1. The minimum Gasteiger partial charge on any atom is -0.496 e. The molecular weight excluding hydrogens is 484 g/mol. The highest BCUT2D eigenvalue weighted by atomic mass is 35.5. The lowest BCUT2D eigenvalue weighted by Crippen LogP contribution is -2.39. The Bertz CT molecular complexity index is 1490. The fourth-order valence-electron chi connectivity index (χ4n) is 3.77. The van der Waals surface area contributed by atoms with Crippen molar-refractivity contribution in [3.05, 3.63) is 84.8 Å². The van der Waals surface area contributed by atoms with Crippen molar-refractivity contribution in [2.75, 3.05) is 39.6 Å². The van der Waals surface area contributed by atoms with E-state index >= 15 is 0 Å². The second-order valence-corrected chi connectivity index (χ2v) is 8.88. The number of fused-ring (bicyclic) bond motifs is 1. The van der Waals surface area contributed by atoms with Gasteiger partial charge in [0, 0.05) is 30.7 Å². The largest absolute Gasteiger partial charge is 0.496 e. The molecule has 36 heavy (non-hydrogen) atoms. The summed E-state index contributed by atoms with van der Waals surface area (Å²) in [7, 11) is 5.33. The van der Waals surface area contributed by atoms with E-state index in [-0.39, 0.29) is 11.4 Å². The van der Waals surface area contributed by atoms with Crippen molar-refractivity contribution in [1.29, 1.82) is 0 Å². The van der Waals surface area contributed by atoms with Gasteiger partial charge >= 0.3 is 0 Å². The second-order valence-electron chi connectivity index (χ2n) is 8.48.